The lowest BCUT2D eigenvalue weighted by molar-refractivity contribution is 0.0913. The number of ether oxygens (including phenoxy) is 1. The fourth-order valence-electron chi connectivity index (χ4n) is 2.34. The summed E-state index contributed by atoms with van der Waals surface area (Å²) in [5.74, 6) is -0.106. The van der Waals surface area contributed by atoms with Gasteiger partial charge in [0.15, 0.2) is 0 Å². The van der Waals surface area contributed by atoms with Crippen LogP contribution in [-0.2, 0) is 17.9 Å². The number of carbonyl (C=O) groups excluding carboxylic acids is 1. The summed E-state index contributed by atoms with van der Waals surface area (Å²) in [6.45, 7) is 2.77. The monoisotopic (exact) mass is 299 g/mol. The second kappa shape index (κ2) is 6.03. The molecule has 1 aromatic carbocycles. The summed E-state index contributed by atoms with van der Waals surface area (Å²) in [6, 6.07) is 9.70. The number of benzene rings is 1. The third-order valence-corrected chi connectivity index (χ3v) is 3.35. The molecular weight excluding hydrogens is 282 g/mol. The Balaban J connectivity index is 1.65. The number of hydrogen-bond acceptors (Lipinski definition) is 4. The van der Waals surface area contributed by atoms with Crippen molar-refractivity contribution in [3.8, 4) is 0 Å². The summed E-state index contributed by atoms with van der Waals surface area (Å²) in [5, 5.41) is 7.71. The molecule has 0 spiro atoms. The second-order valence-corrected chi connectivity index (χ2v) is 5.17. The van der Waals surface area contributed by atoms with Crippen LogP contribution in [0.5, 0.6) is 0 Å². The van der Waals surface area contributed by atoms with Crippen molar-refractivity contribution in [1.29, 1.82) is 0 Å². The Morgan fingerprint density at radius 2 is 2.23 bits per heavy atom. The van der Waals surface area contributed by atoms with Crippen LogP contribution in [0.25, 0.3) is 10.9 Å². The lowest BCUT2D eigenvalue weighted by Crippen LogP contribution is -2.22. The second-order valence-electron chi connectivity index (χ2n) is 5.17. The Bertz CT molecular complexity index is 804. The molecule has 6 heteroatoms. The predicted octanol–water partition coefficient (Wildman–Crippen LogP) is 2.54. The van der Waals surface area contributed by atoms with Crippen LogP contribution in [0.2, 0.25) is 0 Å². The minimum atomic E-state index is -0.291. The van der Waals surface area contributed by atoms with Crippen molar-refractivity contribution in [3.05, 3.63) is 53.0 Å². The van der Waals surface area contributed by atoms with Gasteiger partial charge in [0, 0.05) is 30.9 Å². The summed E-state index contributed by atoms with van der Waals surface area (Å²) in [5.41, 5.74) is 3.82. The Labute approximate surface area is 127 Å². The van der Waals surface area contributed by atoms with Gasteiger partial charge in [-0.3, -0.25) is 4.79 Å². The predicted molar refractivity (Wildman–Crippen MR) is 81.4 cm³/mol. The summed E-state index contributed by atoms with van der Waals surface area (Å²) >= 11 is 0. The molecule has 0 fully saturated rings. The highest BCUT2D eigenvalue weighted by molar-refractivity contribution is 5.91. The lowest BCUT2D eigenvalue weighted by Gasteiger charge is -2.03. The van der Waals surface area contributed by atoms with Gasteiger partial charge in [-0.1, -0.05) is 11.2 Å². The van der Waals surface area contributed by atoms with Gasteiger partial charge in [-0.15, -0.1) is 0 Å². The highest BCUT2D eigenvalue weighted by Crippen LogP contribution is 2.17. The first-order valence-electron chi connectivity index (χ1n) is 6.96. The summed E-state index contributed by atoms with van der Waals surface area (Å²) in [7, 11) is 1.56. The molecule has 0 radical (unpaired) electrons. The molecular formula is C16H17N3O3. The first kappa shape index (κ1) is 14.3. The van der Waals surface area contributed by atoms with E-state index < -0.39 is 0 Å². The quantitative estimate of drug-likeness (QED) is 0.758. The molecule has 3 rings (SSSR count). The molecule has 0 saturated carbocycles. The van der Waals surface area contributed by atoms with Gasteiger partial charge in [-0.25, -0.2) is 0 Å². The Hall–Kier alpha value is -2.60. The van der Waals surface area contributed by atoms with Crippen LogP contribution >= 0.6 is 0 Å². The van der Waals surface area contributed by atoms with Gasteiger partial charge in [-0.2, -0.15) is 0 Å². The van der Waals surface area contributed by atoms with E-state index in [1.165, 1.54) is 0 Å². The van der Waals surface area contributed by atoms with Crippen molar-refractivity contribution in [2.45, 2.75) is 20.1 Å². The Morgan fingerprint density at radius 1 is 1.36 bits per heavy atom. The highest BCUT2D eigenvalue weighted by atomic mass is 16.5. The van der Waals surface area contributed by atoms with Crippen LogP contribution in [0, 0.1) is 6.92 Å². The molecule has 114 valence electrons. The topological polar surface area (TPSA) is 80.1 Å². The van der Waals surface area contributed by atoms with E-state index in [2.05, 4.69) is 27.6 Å². The Kier molecular flexibility index (Phi) is 3.93. The first-order valence-corrected chi connectivity index (χ1v) is 6.96. The maximum Gasteiger partial charge on any atom is 0.290 e. The van der Waals surface area contributed by atoms with E-state index in [0.29, 0.717) is 18.8 Å². The molecule has 0 aliphatic heterocycles. The van der Waals surface area contributed by atoms with Crippen molar-refractivity contribution >= 4 is 16.8 Å². The smallest absolute Gasteiger partial charge is 0.290 e. The number of nitrogens with zero attached hydrogens (tertiary/aromatic N) is 1. The number of rotatable bonds is 5. The van der Waals surface area contributed by atoms with Crippen molar-refractivity contribution < 1.29 is 14.1 Å². The van der Waals surface area contributed by atoms with E-state index in [1.807, 2.05) is 19.1 Å². The van der Waals surface area contributed by atoms with Crippen LogP contribution in [0.4, 0.5) is 0 Å². The minimum Gasteiger partial charge on any atom is -0.378 e. The molecule has 22 heavy (non-hydrogen) atoms. The number of H-pyrrole nitrogens is 1. The zero-order valence-corrected chi connectivity index (χ0v) is 12.5. The fraction of sp³-hybridized carbons (Fsp3) is 0.250. The molecule has 3 aromatic rings. The zero-order chi connectivity index (χ0) is 15.5. The summed E-state index contributed by atoms with van der Waals surface area (Å²) in [6.07, 6.45) is 0. The molecule has 1 amide bonds. The van der Waals surface area contributed by atoms with Gasteiger partial charge < -0.3 is 19.6 Å². The lowest BCUT2D eigenvalue weighted by atomic mass is 10.1. The maximum atomic E-state index is 12.0. The standard InChI is InChI=1S/C16H17N3O3/c1-10-5-12-6-11(3-4-14(12)18-10)8-17-16(20)15-7-13(9-21-2)19-22-15/h3-7,18H,8-9H2,1-2H3,(H,17,20). The number of aromatic nitrogens is 2. The summed E-state index contributed by atoms with van der Waals surface area (Å²) < 4.78 is 9.93. The molecule has 0 saturated heterocycles. The number of aromatic amines is 1. The van der Waals surface area contributed by atoms with Crippen molar-refractivity contribution in [3.63, 3.8) is 0 Å². The SMILES string of the molecule is COCc1cc(C(=O)NCc2ccc3[nH]c(C)cc3c2)on1. The molecule has 6 nitrogen and oxygen atoms in total. The van der Waals surface area contributed by atoms with E-state index >= 15 is 0 Å². The van der Waals surface area contributed by atoms with Crippen LogP contribution < -0.4 is 5.32 Å². The summed E-state index contributed by atoms with van der Waals surface area (Å²) in [4.78, 5) is 15.3. The third-order valence-electron chi connectivity index (χ3n) is 3.35. The van der Waals surface area contributed by atoms with Gasteiger partial charge in [0.05, 0.1) is 6.61 Å². The number of nitrogens with one attached hydrogen (secondary N) is 2. The first-order chi connectivity index (χ1) is 10.7. The van der Waals surface area contributed by atoms with E-state index in [0.717, 1.165) is 22.2 Å². The molecule has 2 aromatic heterocycles. The number of amides is 1. The molecule has 0 aliphatic rings. The van der Waals surface area contributed by atoms with Crippen LogP contribution in [-0.4, -0.2) is 23.2 Å². The molecule has 2 heterocycles. The average molecular weight is 299 g/mol. The molecule has 0 aliphatic carbocycles. The van der Waals surface area contributed by atoms with E-state index in [9.17, 15) is 4.79 Å². The van der Waals surface area contributed by atoms with E-state index in [-0.39, 0.29) is 11.7 Å². The number of fused-ring (bicyclic) bond motifs is 1. The molecule has 2 N–H and O–H groups in total. The van der Waals surface area contributed by atoms with Crippen molar-refractivity contribution in [2.24, 2.45) is 0 Å². The third kappa shape index (κ3) is 3.01. The zero-order valence-electron chi connectivity index (χ0n) is 12.5. The number of hydrogen-bond donors (Lipinski definition) is 2. The average Bonchev–Trinajstić information content (AvgIpc) is 3.10. The minimum absolute atomic E-state index is 0.186. The number of carbonyl (C=O) groups is 1. The molecule has 0 atom stereocenters. The van der Waals surface area contributed by atoms with Crippen LogP contribution in [0.1, 0.15) is 27.5 Å². The van der Waals surface area contributed by atoms with Gasteiger partial charge >= 0.3 is 0 Å². The van der Waals surface area contributed by atoms with Crippen LogP contribution in [0.15, 0.2) is 34.9 Å². The number of aryl methyl sites for hydroxylation is 1. The largest absolute Gasteiger partial charge is 0.378 e. The van der Waals surface area contributed by atoms with Crippen LogP contribution in [0.3, 0.4) is 0 Å². The van der Waals surface area contributed by atoms with Gasteiger partial charge in [0.2, 0.25) is 5.76 Å². The van der Waals surface area contributed by atoms with Gasteiger partial charge in [0.25, 0.3) is 5.91 Å². The molecule has 0 unspecified atom stereocenters. The number of methoxy groups -OCH3 is 1. The molecule has 0 bridgehead atoms. The van der Waals surface area contributed by atoms with E-state index in [1.54, 1.807) is 13.2 Å². The highest BCUT2D eigenvalue weighted by Gasteiger charge is 2.12. The van der Waals surface area contributed by atoms with Gasteiger partial charge in [-0.05, 0) is 36.1 Å². The van der Waals surface area contributed by atoms with Gasteiger partial charge in [0.1, 0.15) is 5.69 Å². The fourth-order valence-corrected chi connectivity index (χ4v) is 2.34. The van der Waals surface area contributed by atoms with E-state index in [4.69, 9.17) is 9.26 Å². The Morgan fingerprint density at radius 3 is 3.05 bits per heavy atom. The maximum absolute atomic E-state index is 12.0. The van der Waals surface area contributed by atoms with Crippen molar-refractivity contribution in [1.82, 2.24) is 15.5 Å². The van der Waals surface area contributed by atoms with Crippen molar-refractivity contribution in [2.75, 3.05) is 7.11 Å². The normalized spacial score (nSPS) is 11.0.